The van der Waals surface area contributed by atoms with E-state index in [2.05, 4.69) is 67.3 Å². The molecule has 126 valence electrons. The largest absolute Gasteiger partial charge is 0.469 e. The highest BCUT2D eigenvalue weighted by molar-refractivity contribution is 5.72. The van der Waals surface area contributed by atoms with Gasteiger partial charge in [-0.05, 0) is 28.2 Å². The molecule has 0 amide bonds. The summed E-state index contributed by atoms with van der Waals surface area (Å²) in [5.41, 5.74) is 5.24. The molecular weight excluding hydrogens is 298 g/mol. The van der Waals surface area contributed by atoms with Crippen molar-refractivity contribution in [2.75, 3.05) is 7.11 Å². The summed E-state index contributed by atoms with van der Waals surface area (Å²) in [5.74, 6) is 0.237. The van der Waals surface area contributed by atoms with Gasteiger partial charge in [-0.15, -0.1) is 0 Å². The van der Waals surface area contributed by atoms with Gasteiger partial charge in [0.2, 0.25) is 0 Å². The van der Waals surface area contributed by atoms with Crippen LogP contribution >= 0.6 is 0 Å². The predicted molar refractivity (Wildman–Crippen MR) is 96.4 cm³/mol. The number of carbonyl (C=O) groups excluding carboxylic acids is 1. The van der Waals surface area contributed by atoms with Crippen molar-refractivity contribution in [3.8, 4) is 11.1 Å². The molecule has 2 aromatic carbocycles. The summed E-state index contributed by atoms with van der Waals surface area (Å²) in [6.45, 7) is 6.06. The van der Waals surface area contributed by atoms with Gasteiger partial charge in [0, 0.05) is 19.1 Å². The van der Waals surface area contributed by atoms with E-state index in [1.165, 1.54) is 29.4 Å². The van der Waals surface area contributed by atoms with E-state index in [9.17, 15) is 4.79 Å². The second-order valence-corrected chi connectivity index (χ2v) is 6.81. The van der Waals surface area contributed by atoms with Gasteiger partial charge in [-0.3, -0.25) is 9.69 Å². The molecule has 0 radical (unpaired) electrons. The van der Waals surface area contributed by atoms with Gasteiger partial charge in [0.25, 0.3) is 0 Å². The van der Waals surface area contributed by atoms with E-state index in [0.29, 0.717) is 12.3 Å². The molecule has 3 rings (SSSR count). The minimum absolute atomic E-state index is 0.139. The maximum Gasteiger partial charge on any atom is 0.307 e. The van der Waals surface area contributed by atoms with Gasteiger partial charge in [-0.25, -0.2) is 0 Å². The van der Waals surface area contributed by atoms with Gasteiger partial charge in [-0.1, -0.05) is 62.4 Å². The van der Waals surface area contributed by atoms with E-state index in [-0.39, 0.29) is 12.0 Å². The molecule has 1 atom stereocenters. The van der Waals surface area contributed by atoms with E-state index >= 15 is 0 Å². The normalized spacial score (nSPS) is 15.3. The number of esters is 1. The van der Waals surface area contributed by atoms with E-state index in [1.807, 2.05) is 0 Å². The molecule has 0 saturated heterocycles. The first kappa shape index (κ1) is 16.7. The van der Waals surface area contributed by atoms with Crippen LogP contribution in [-0.4, -0.2) is 24.0 Å². The van der Waals surface area contributed by atoms with Crippen molar-refractivity contribution < 1.29 is 9.53 Å². The van der Waals surface area contributed by atoms with E-state index in [1.54, 1.807) is 0 Å². The molecule has 1 unspecified atom stereocenters. The van der Waals surface area contributed by atoms with Crippen molar-refractivity contribution in [2.24, 2.45) is 5.92 Å². The van der Waals surface area contributed by atoms with Crippen LogP contribution in [0.4, 0.5) is 0 Å². The van der Waals surface area contributed by atoms with Gasteiger partial charge in [0.15, 0.2) is 0 Å². The molecular formula is C21H25NO2. The first-order chi connectivity index (χ1) is 11.6. The lowest BCUT2D eigenvalue weighted by Crippen LogP contribution is -2.39. The van der Waals surface area contributed by atoms with Crippen LogP contribution < -0.4 is 0 Å². The quantitative estimate of drug-likeness (QED) is 0.788. The number of hydrogen-bond donors (Lipinski definition) is 0. The lowest BCUT2D eigenvalue weighted by atomic mass is 9.97. The number of carbonyl (C=O) groups is 1. The molecule has 24 heavy (non-hydrogen) atoms. The average molecular weight is 323 g/mol. The molecule has 1 heterocycles. The Hall–Kier alpha value is -2.13. The molecule has 3 heteroatoms. The predicted octanol–water partition coefficient (Wildman–Crippen LogP) is 4.26. The summed E-state index contributed by atoms with van der Waals surface area (Å²) < 4.78 is 4.93. The Balaban J connectivity index is 2.01. The first-order valence-electron chi connectivity index (χ1n) is 8.57. The van der Waals surface area contributed by atoms with Crippen molar-refractivity contribution in [2.45, 2.75) is 39.4 Å². The summed E-state index contributed by atoms with van der Waals surface area (Å²) in [6.07, 6.45) is 0.429. The van der Waals surface area contributed by atoms with E-state index < -0.39 is 0 Å². The van der Waals surface area contributed by atoms with Crippen LogP contribution in [0, 0.1) is 5.92 Å². The Labute approximate surface area is 144 Å². The highest BCUT2D eigenvalue weighted by atomic mass is 16.5. The Bertz CT molecular complexity index is 676. The SMILES string of the molecule is COC(=O)CC(C(C)C)N1Cc2ccccc2-c2ccccc2C1. The minimum atomic E-state index is -0.139. The number of fused-ring (bicyclic) bond motifs is 3. The molecule has 0 saturated carbocycles. The summed E-state index contributed by atoms with van der Waals surface area (Å²) in [7, 11) is 1.47. The Morgan fingerprint density at radius 1 is 1.00 bits per heavy atom. The third-order valence-corrected chi connectivity index (χ3v) is 4.91. The van der Waals surface area contributed by atoms with Crippen LogP contribution in [-0.2, 0) is 22.6 Å². The van der Waals surface area contributed by atoms with Crippen LogP contribution in [0.2, 0.25) is 0 Å². The monoisotopic (exact) mass is 323 g/mol. The summed E-state index contributed by atoms with van der Waals surface area (Å²) in [5, 5.41) is 0. The molecule has 0 aliphatic carbocycles. The fourth-order valence-corrected chi connectivity index (χ4v) is 3.61. The van der Waals surface area contributed by atoms with Gasteiger partial charge in [-0.2, -0.15) is 0 Å². The number of nitrogens with zero attached hydrogens (tertiary/aromatic N) is 1. The van der Waals surface area contributed by atoms with Crippen LogP contribution in [0.1, 0.15) is 31.4 Å². The molecule has 0 bridgehead atoms. The van der Waals surface area contributed by atoms with Crippen molar-refractivity contribution in [1.29, 1.82) is 0 Å². The van der Waals surface area contributed by atoms with Crippen molar-refractivity contribution >= 4 is 5.97 Å². The number of ether oxygens (including phenoxy) is 1. The van der Waals surface area contributed by atoms with E-state index in [0.717, 1.165) is 13.1 Å². The smallest absolute Gasteiger partial charge is 0.307 e. The zero-order chi connectivity index (χ0) is 17.1. The van der Waals surface area contributed by atoms with Gasteiger partial charge >= 0.3 is 5.97 Å². The maximum atomic E-state index is 11.9. The maximum absolute atomic E-state index is 11.9. The number of benzene rings is 2. The van der Waals surface area contributed by atoms with Crippen LogP contribution in [0.5, 0.6) is 0 Å². The number of methoxy groups -OCH3 is 1. The van der Waals surface area contributed by atoms with Crippen molar-refractivity contribution in [3.63, 3.8) is 0 Å². The van der Waals surface area contributed by atoms with Gasteiger partial charge in [0.1, 0.15) is 0 Å². The number of rotatable bonds is 4. The van der Waals surface area contributed by atoms with Crippen LogP contribution in [0.3, 0.4) is 0 Å². The van der Waals surface area contributed by atoms with Crippen molar-refractivity contribution in [3.05, 3.63) is 59.7 Å². The highest BCUT2D eigenvalue weighted by Gasteiger charge is 2.28. The summed E-state index contributed by atoms with van der Waals surface area (Å²) >= 11 is 0. The summed E-state index contributed by atoms with van der Waals surface area (Å²) in [6, 6.07) is 17.3. The molecule has 0 fully saturated rings. The standard InChI is InChI=1S/C21H25NO2/c1-15(2)20(12-21(23)24-3)22-13-16-8-4-6-10-18(16)19-11-7-5-9-17(19)14-22/h4-11,15,20H,12-14H2,1-3H3. The molecule has 2 aromatic rings. The second kappa shape index (κ2) is 7.18. The highest BCUT2D eigenvalue weighted by Crippen LogP contribution is 2.34. The molecule has 0 spiro atoms. The summed E-state index contributed by atoms with van der Waals surface area (Å²) in [4.78, 5) is 14.3. The minimum Gasteiger partial charge on any atom is -0.469 e. The fourth-order valence-electron chi connectivity index (χ4n) is 3.61. The number of hydrogen-bond acceptors (Lipinski definition) is 3. The zero-order valence-electron chi connectivity index (χ0n) is 14.7. The zero-order valence-corrected chi connectivity index (χ0v) is 14.7. The average Bonchev–Trinajstić information content (AvgIpc) is 2.75. The molecule has 1 aliphatic heterocycles. The second-order valence-electron chi connectivity index (χ2n) is 6.81. The lowest BCUT2D eigenvalue weighted by Gasteiger charge is -2.33. The Morgan fingerprint density at radius 3 is 1.96 bits per heavy atom. The van der Waals surface area contributed by atoms with Crippen molar-refractivity contribution in [1.82, 2.24) is 4.90 Å². The van der Waals surface area contributed by atoms with E-state index in [4.69, 9.17) is 4.74 Å². The van der Waals surface area contributed by atoms with Crippen LogP contribution in [0.25, 0.3) is 11.1 Å². The first-order valence-corrected chi connectivity index (χ1v) is 8.57. The molecule has 3 nitrogen and oxygen atoms in total. The van der Waals surface area contributed by atoms with Crippen LogP contribution in [0.15, 0.2) is 48.5 Å². The third kappa shape index (κ3) is 3.36. The Kier molecular flexibility index (Phi) is 5.00. The van der Waals surface area contributed by atoms with Gasteiger partial charge < -0.3 is 4.74 Å². The molecule has 0 N–H and O–H groups in total. The topological polar surface area (TPSA) is 29.5 Å². The third-order valence-electron chi connectivity index (χ3n) is 4.91. The molecule has 1 aliphatic rings. The van der Waals surface area contributed by atoms with Gasteiger partial charge in [0.05, 0.1) is 13.5 Å². The Morgan fingerprint density at radius 2 is 1.50 bits per heavy atom. The lowest BCUT2D eigenvalue weighted by molar-refractivity contribution is -0.142. The molecule has 0 aromatic heterocycles. The fraction of sp³-hybridized carbons (Fsp3) is 0.381.